The van der Waals surface area contributed by atoms with Gasteiger partial charge in [0, 0.05) is 18.4 Å². The van der Waals surface area contributed by atoms with Crippen LogP contribution in [0.4, 0.5) is 11.5 Å². The van der Waals surface area contributed by atoms with Gasteiger partial charge in [0.25, 0.3) is 0 Å². The SMILES string of the molecule is CC1Cc2ccccc2N(c2ncncc2Br)C1. The quantitative estimate of drug-likeness (QED) is 0.806. The van der Waals surface area contributed by atoms with Crippen LogP contribution in [0.1, 0.15) is 12.5 Å². The second-order valence-electron chi connectivity index (χ2n) is 4.74. The van der Waals surface area contributed by atoms with Crippen LogP contribution in [0.5, 0.6) is 0 Å². The largest absolute Gasteiger partial charge is 0.325 e. The summed E-state index contributed by atoms with van der Waals surface area (Å²) in [5, 5.41) is 0. The minimum atomic E-state index is 0.627. The summed E-state index contributed by atoms with van der Waals surface area (Å²) in [6, 6.07) is 8.55. The Kier molecular flexibility index (Phi) is 3.04. The van der Waals surface area contributed by atoms with Crippen molar-refractivity contribution in [2.24, 2.45) is 5.92 Å². The molecule has 0 fully saturated rings. The molecule has 0 aliphatic carbocycles. The van der Waals surface area contributed by atoms with E-state index in [0.717, 1.165) is 23.3 Å². The number of fused-ring (bicyclic) bond motifs is 1. The van der Waals surface area contributed by atoms with E-state index in [1.165, 1.54) is 11.3 Å². The van der Waals surface area contributed by atoms with Gasteiger partial charge in [0.05, 0.1) is 4.47 Å². The number of hydrogen-bond acceptors (Lipinski definition) is 3. The van der Waals surface area contributed by atoms with Gasteiger partial charge in [-0.15, -0.1) is 0 Å². The van der Waals surface area contributed by atoms with Crippen molar-refractivity contribution >= 4 is 27.4 Å². The second-order valence-corrected chi connectivity index (χ2v) is 5.60. The maximum absolute atomic E-state index is 4.40. The third-order valence-corrected chi connectivity index (χ3v) is 3.81. The zero-order valence-electron chi connectivity index (χ0n) is 10.2. The Morgan fingerprint density at radius 3 is 3.00 bits per heavy atom. The average Bonchev–Trinajstić information content (AvgIpc) is 2.38. The van der Waals surface area contributed by atoms with Gasteiger partial charge >= 0.3 is 0 Å². The molecule has 0 spiro atoms. The summed E-state index contributed by atoms with van der Waals surface area (Å²) in [6.07, 6.45) is 4.53. The van der Waals surface area contributed by atoms with Gasteiger partial charge in [-0.2, -0.15) is 0 Å². The first-order chi connectivity index (χ1) is 8.75. The predicted octanol–water partition coefficient (Wildman–Crippen LogP) is 3.57. The molecule has 0 saturated heterocycles. The summed E-state index contributed by atoms with van der Waals surface area (Å²) in [4.78, 5) is 10.7. The minimum Gasteiger partial charge on any atom is -0.325 e. The highest BCUT2D eigenvalue weighted by Crippen LogP contribution is 2.36. The van der Waals surface area contributed by atoms with Crippen LogP contribution in [-0.2, 0) is 6.42 Å². The molecule has 4 heteroatoms. The molecule has 0 saturated carbocycles. The molecule has 18 heavy (non-hydrogen) atoms. The number of halogens is 1. The maximum atomic E-state index is 4.40. The molecular formula is C14H14BrN3. The molecule has 3 nitrogen and oxygen atoms in total. The lowest BCUT2D eigenvalue weighted by atomic mass is 9.94. The van der Waals surface area contributed by atoms with Crippen molar-refractivity contribution in [1.29, 1.82) is 0 Å². The van der Waals surface area contributed by atoms with E-state index in [0.29, 0.717) is 5.92 Å². The third-order valence-electron chi connectivity index (χ3n) is 3.25. The smallest absolute Gasteiger partial charge is 0.150 e. The fraction of sp³-hybridized carbons (Fsp3) is 0.286. The van der Waals surface area contributed by atoms with Crippen LogP contribution in [0.25, 0.3) is 0 Å². The highest BCUT2D eigenvalue weighted by Gasteiger charge is 2.24. The summed E-state index contributed by atoms with van der Waals surface area (Å²) in [7, 11) is 0. The van der Waals surface area contributed by atoms with Crippen molar-refractivity contribution in [3.05, 3.63) is 46.8 Å². The van der Waals surface area contributed by atoms with Gasteiger partial charge in [-0.1, -0.05) is 25.1 Å². The molecule has 1 aromatic heterocycles. The number of nitrogens with zero attached hydrogens (tertiary/aromatic N) is 3. The Morgan fingerprint density at radius 2 is 2.17 bits per heavy atom. The first kappa shape index (κ1) is 11.7. The molecule has 92 valence electrons. The normalized spacial score (nSPS) is 18.6. The van der Waals surface area contributed by atoms with E-state index in [1.807, 2.05) is 0 Å². The first-order valence-electron chi connectivity index (χ1n) is 6.06. The minimum absolute atomic E-state index is 0.627. The fourth-order valence-corrected chi connectivity index (χ4v) is 2.94. The van der Waals surface area contributed by atoms with E-state index in [4.69, 9.17) is 0 Å². The lowest BCUT2D eigenvalue weighted by molar-refractivity contribution is 0.559. The van der Waals surface area contributed by atoms with Crippen molar-refractivity contribution in [3.63, 3.8) is 0 Å². The van der Waals surface area contributed by atoms with Crippen molar-refractivity contribution in [3.8, 4) is 0 Å². The molecule has 1 aromatic carbocycles. The Morgan fingerprint density at radius 1 is 1.33 bits per heavy atom. The van der Waals surface area contributed by atoms with Crippen LogP contribution in [0.15, 0.2) is 41.3 Å². The Hall–Kier alpha value is -1.42. The number of benzene rings is 1. The van der Waals surface area contributed by atoms with E-state index in [1.54, 1.807) is 12.5 Å². The van der Waals surface area contributed by atoms with Gasteiger partial charge < -0.3 is 4.90 Å². The van der Waals surface area contributed by atoms with Gasteiger partial charge in [0.2, 0.25) is 0 Å². The zero-order chi connectivity index (χ0) is 12.5. The molecular weight excluding hydrogens is 290 g/mol. The summed E-state index contributed by atoms with van der Waals surface area (Å²) in [5.41, 5.74) is 2.65. The Balaban J connectivity index is 2.11. The average molecular weight is 304 g/mol. The lowest BCUT2D eigenvalue weighted by Crippen LogP contribution is -2.31. The van der Waals surface area contributed by atoms with Crippen LogP contribution < -0.4 is 4.90 Å². The summed E-state index contributed by atoms with van der Waals surface area (Å²) in [6.45, 7) is 3.27. The highest BCUT2D eigenvalue weighted by atomic mass is 79.9. The van der Waals surface area contributed by atoms with E-state index in [-0.39, 0.29) is 0 Å². The first-order valence-corrected chi connectivity index (χ1v) is 6.86. The lowest BCUT2D eigenvalue weighted by Gasteiger charge is -2.34. The molecule has 1 atom stereocenters. The van der Waals surface area contributed by atoms with Gasteiger partial charge in [0.1, 0.15) is 6.33 Å². The molecule has 0 bridgehead atoms. The molecule has 2 aromatic rings. The van der Waals surface area contributed by atoms with Crippen LogP contribution in [0.2, 0.25) is 0 Å². The number of rotatable bonds is 1. The maximum Gasteiger partial charge on any atom is 0.150 e. The molecule has 1 aliphatic rings. The molecule has 1 unspecified atom stereocenters. The molecule has 1 aliphatic heterocycles. The van der Waals surface area contributed by atoms with Crippen molar-refractivity contribution in [2.75, 3.05) is 11.4 Å². The summed E-state index contributed by atoms with van der Waals surface area (Å²) >= 11 is 3.54. The van der Waals surface area contributed by atoms with E-state index >= 15 is 0 Å². The summed E-state index contributed by atoms with van der Waals surface area (Å²) in [5.74, 6) is 1.57. The molecule has 0 radical (unpaired) electrons. The van der Waals surface area contributed by atoms with Crippen LogP contribution in [0, 0.1) is 5.92 Å². The van der Waals surface area contributed by atoms with Crippen molar-refractivity contribution in [1.82, 2.24) is 9.97 Å². The molecule has 3 rings (SSSR count). The van der Waals surface area contributed by atoms with Gasteiger partial charge in [0.15, 0.2) is 5.82 Å². The molecule has 0 amide bonds. The molecule has 0 N–H and O–H groups in total. The topological polar surface area (TPSA) is 29.0 Å². The fourth-order valence-electron chi connectivity index (χ4n) is 2.50. The van der Waals surface area contributed by atoms with Crippen LogP contribution in [-0.4, -0.2) is 16.5 Å². The third kappa shape index (κ3) is 2.01. The molecule has 2 heterocycles. The van der Waals surface area contributed by atoms with E-state index in [2.05, 4.69) is 62.0 Å². The van der Waals surface area contributed by atoms with E-state index < -0.39 is 0 Å². The monoisotopic (exact) mass is 303 g/mol. The van der Waals surface area contributed by atoms with Crippen molar-refractivity contribution in [2.45, 2.75) is 13.3 Å². The number of hydrogen-bond donors (Lipinski definition) is 0. The number of para-hydroxylation sites is 1. The van der Waals surface area contributed by atoms with Crippen LogP contribution in [0.3, 0.4) is 0 Å². The van der Waals surface area contributed by atoms with Gasteiger partial charge in [-0.25, -0.2) is 9.97 Å². The Bertz CT molecular complexity index is 570. The number of anilines is 2. The zero-order valence-corrected chi connectivity index (χ0v) is 11.8. The standard InChI is InChI=1S/C14H14BrN3/c1-10-6-11-4-2-3-5-13(11)18(8-10)14-12(15)7-16-9-17-14/h2-5,7,9-10H,6,8H2,1H3. The number of aromatic nitrogens is 2. The predicted molar refractivity (Wildman–Crippen MR) is 76.0 cm³/mol. The van der Waals surface area contributed by atoms with E-state index in [9.17, 15) is 0 Å². The van der Waals surface area contributed by atoms with Gasteiger partial charge in [-0.3, -0.25) is 0 Å². The second kappa shape index (κ2) is 4.69. The summed E-state index contributed by atoms with van der Waals surface area (Å²) < 4.78 is 0.939. The highest BCUT2D eigenvalue weighted by molar-refractivity contribution is 9.10. The van der Waals surface area contributed by atoms with Gasteiger partial charge in [-0.05, 0) is 39.9 Å². The Labute approximate surface area is 115 Å². The van der Waals surface area contributed by atoms with Crippen molar-refractivity contribution < 1.29 is 0 Å². The van der Waals surface area contributed by atoms with Crippen LogP contribution >= 0.6 is 15.9 Å².